The van der Waals surface area contributed by atoms with Crippen molar-refractivity contribution in [2.24, 2.45) is 0 Å². The number of hydrogen-bond donors (Lipinski definition) is 0. The molecule has 7 heteroatoms. The van der Waals surface area contributed by atoms with Crippen molar-refractivity contribution in [3.8, 4) is 5.69 Å². The second-order valence-corrected chi connectivity index (χ2v) is 4.94. The number of fused-ring (bicyclic) bond motifs is 1. The summed E-state index contributed by atoms with van der Waals surface area (Å²) in [5.74, 6) is -0.568. The van der Waals surface area contributed by atoms with Crippen molar-refractivity contribution < 1.29 is 9.31 Å². The Labute approximate surface area is 128 Å². The fraction of sp³-hybridized carbons (Fsp3) is 0. The van der Waals surface area contributed by atoms with Gasteiger partial charge in [0, 0.05) is 11.1 Å². The lowest BCUT2D eigenvalue weighted by Gasteiger charge is -2.11. The molecule has 0 aliphatic rings. The lowest BCUT2D eigenvalue weighted by molar-refractivity contribution is -0.386. The Morgan fingerprint density at radius 2 is 1.82 bits per heavy atom. The average Bonchev–Trinajstić information content (AvgIpc) is 2.47. The molecule has 0 radical (unpaired) electrons. The number of pyridine rings is 1. The molecular formula is C15H8ClFN2O3. The molecule has 0 atom stereocenters. The van der Waals surface area contributed by atoms with Crippen molar-refractivity contribution in [1.29, 1.82) is 0 Å². The van der Waals surface area contributed by atoms with Gasteiger partial charge in [0.2, 0.25) is 0 Å². The first-order chi connectivity index (χ1) is 10.5. The van der Waals surface area contributed by atoms with E-state index in [-0.39, 0.29) is 15.9 Å². The van der Waals surface area contributed by atoms with Gasteiger partial charge >= 0.3 is 11.2 Å². The van der Waals surface area contributed by atoms with Crippen molar-refractivity contribution in [3.63, 3.8) is 0 Å². The lowest BCUT2D eigenvalue weighted by atomic mass is 10.1. The third kappa shape index (κ3) is 2.14. The molecule has 0 fully saturated rings. The number of nitro groups is 1. The van der Waals surface area contributed by atoms with E-state index in [9.17, 15) is 19.3 Å². The molecule has 0 N–H and O–H groups in total. The molecule has 1 aromatic heterocycles. The van der Waals surface area contributed by atoms with E-state index in [0.717, 1.165) is 16.7 Å². The first kappa shape index (κ1) is 14.2. The highest BCUT2D eigenvalue weighted by Crippen LogP contribution is 2.31. The highest BCUT2D eigenvalue weighted by Gasteiger charge is 2.25. The Kier molecular flexibility index (Phi) is 3.38. The zero-order chi connectivity index (χ0) is 15.9. The third-order valence-electron chi connectivity index (χ3n) is 3.25. The van der Waals surface area contributed by atoms with Gasteiger partial charge in [0.1, 0.15) is 10.8 Å². The van der Waals surface area contributed by atoms with Crippen LogP contribution in [0.2, 0.25) is 5.02 Å². The van der Waals surface area contributed by atoms with E-state index in [2.05, 4.69) is 0 Å². The molecule has 0 amide bonds. The molecule has 3 aromatic rings. The number of rotatable bonds is 2. The maximum atomic E-state index is 13.6. The van der Waals surface area contributed by atoms with Gasteiger partial charge in [0.25, 0.3) is 0 Å². The quantitative estimate of drug-likeness (QED) is 0.534. The minimum absolute atomic E-state index is 0.173. The number of aromatic nitrogens is 1. The van der Waals surface area contributed by atoms with E-state index in [4.69, 9.17) is 11.6 Å². The molecule has 0 bridgehead atoms. The van der Waals surface area contributed by atoms with Crippen molar-refractivity contribution in [1.82, 2.24) is 4.57 Å². The third-order valence-corrected chi connectivity index (χ3v) is 3.63. The summed E-state index contributed by atoms with van der Waals surface area (Å²) in [6.45, 7) is 0. The predicted molar refractivity (Wildman–Crippen MR) is 81.2 cm³/mol. The molecule has 2 aromatic carbocycles. The predicted octanol–water partition coefficient (Wildman–Crippen LogP) is 3.69. The maximum absolute atomic E-state index is 13.6. The molecule has 0 spiro atoms. The van der Waals surface area contributed by atoms with Crippen LogP contribution in [0.3, 0.4) is 0 Å². The van der Waals surface area contributed by atoms with E-state index in [1.165, 1.54) is 6.07 Å². The SMILES string of the molecule is O=c1c([N+](=O)[O-])c(Cl)c2ccc(F)cc2n1-c1ccccc1. The Balaban J connectivity index is 2.56. The van der Waals surface area contributed by atoms with Crippen LogP contribution in [0.25, 0.3) is 16.6 Å². The Morgan fingerprint density at radius 3 is 2.45 bits per heavy atom. The zero-order valence-electron chi connectivity index (χ0n) is 11.0. The van der Waals surface area contributed by atoms with Crippen LogP contribution in [0.15, 0.2) is 53.3 Å². The minimum Gasteiger partial charge on any atom is -0.271 e. The van der Waals surface area contributed by atoms with Crippen LogP contribution in [0.1, 0.15) is 0 Å². The first-order valence-corrected chi connectivity index (χ1v) is 6.62. The number of hydrogen-bond acceptors (Lipinski definition) is 3. The van der Waals surface area contributed by atoms with Crippen LogP contribution in [0.5, 0.6) is 0 Å². The summed E-state index contributed by atoms with van der Waals surface area (Å²) < 4.78 is 14.6. The van der Waals surface area contributed by atoms with Gasteiger partial charge in [-0.05, 0) is 30.3 Å². The van der Waals surface area contributed by atoms with Gasteiger partial charge in [-0.3, -0.25) is 19.5 Å². The van der Waals surface area contributed by atoms with E-state index in [1.54, 1.807) is 30.3 Å². The molecule has 110 valence electrons. The molecule has 0 unspecified atom stereocenters. The Hall–Kier alpha value is -2.73. The van der Waals surface area contributed by atoms with Gasteiger partial charge in [-0.1, -0.05) is 29.8 Å². The number of halogens is 2. The fourth-order valence-electron chi connectivity index (χ4n) is 2.30. The van der Waals surface area contributed by atoms with Crippen molar-refractivity contribution >= 4 is 28.2 Å². The number of nitrogens with zero attached hydrogens (tertiary/aromatic N) is 2. The second kappa shape index (κ2) is 5.23. The summed E-state index contributed by atoms with van der Waals surface area (Å²) in [6, 6.07) is 11.9. The molecule has 5 nitrogen and oxygen atoms in total. The zero-order valence-corrected chi connectivity index (χ0v) is 11.7. The maximum Gasteiger partial charge on any atom is 0.353 e. The molecular weight excluding hydrogens is 311 g/mol. The van der Waals surface area contributed by atoms with Crippen LogP contribution < -0.4 is 5.56 Å². The monoisotopic (exact) mass is 318 g/mol. The summed E-state index contributed by atoms with van der Waals surface area (Å²) in [7, 11) is 0. The number of benzene rings is 2. The molecule has 22 heavy (non-hydrogen) atoms. The van der Waals surface area contributed by atoms with Crippen LogP contribution in [-0.4, -0.2) is 9.49 Å². The molecule has 0 saturated heterocycles. The summed E-state index contributed by atoms with van der Waals surface area (Å²) >= 11 is 5.98. The summed E-state index contributed by atoms with van der Waals surface area (Å²) in [5, 5.41) is 11.1. The van der Waals surface area contributed by atoms with E-state index in [0.29, 0.717) is 5.69 Å². The van der Waals surface area contributed by atoms with E-state index < -0.39 is 22.0 Å². The average molecular weight is 319 g/mol. The molecule has 3 rings (SSSR count). The topological polar surface area (TPSA) is 65.1 Å². The lowest BCUT2D eigenvalue weighted by Crippen LogP contribution is -2.22. The van der Waals surface area contributed by atoms with E-state index >= 15 is 0 Å². The van der Waals surface area contributed by atoms with Gasteiger partial charge in [-0.2, -0.15) is 0 Å². The van der Waals surface area contributed by atoms with Crippen molar-refractivity contribution in [2.45, 2.75) is 0 Å². The van der Waals surface area contributed by atoms with Gasteiger partial charge in [0.15, 0.2) is 0 Å². The normalized spacial score (nSPS) is 10.8. The molecule has 1 heterocycles. The Bertz CT molecular complexity index is 954. The summed E-state index contributed by atoms with van der Waals surface area (Å²) in [5.41, 5.74) is -1.07. The number of para-hydroxylation sites is 1. The smallest absolute Gasteiger partial charge is 0.271 e. The van der Waals surface area contributed by atoms with Crippen LogP contribution in [0.4, 0.5) is 10.1 Å². The molecule has 0 saturated carbocycles. The highest BCUT2D eigenvalue weighted by atomic mass is 35.5. The largest absolute Gasteiger partial charge is 0.353 e. The Morgan fingerprint density at radius 1 is 1.14 bits per heavy atom. The van der Waals surface area contributed by atoms with Crippen molar-refractivity contribution in [2.75, 3.05) is 0 Å². The minimum atomic E-state index is -0.903. The fourth-order valence-corrected chi connectivity index (χ4v) is 2.61. The van der Waals surface area contributed by atoms with Crippen LogP contribution >= 0.6 is 11.6 Å². The van der Waals surface area contributed by atoms with E-state index in [1.807, 2.05) is 0 Å². The summed E-state index contributed by atoms with van der Waals surface area (Å²) in [6.07, 6.45) is 0. The molecule has 0 aliphatic heterocycles. The van der Waals surface area contributed by atoms with Crippen LogP contribution in [0, 0.1) is 15.9 Å². The van der Waals surface area contributed by atoms with Crippen molar-refractivity contribution in [3.05, 3.63) is 79.8 Å². The summed E-state index contributed by atoms with van der Waals surface area (Å²) in [4.78, 5) is 22.8. The van der Waals surface area contributed by atoms with Gasteiger partial charge in [-0.15, -0.1) is 0 Å². The van der Waals surface area contributed by atoms with Gasteiger partial charge in [-0.25, -0.2) is 4.39 Å². The van der Waals surface area contributed by atoms with Crippen LogP contribution in [-0.2, 0) is 0 Å². The second-order valence-electron chi connectivity index (χ2n) is 4.56. The standard InChI is InChI=1S/C15H8ClFN2O3/c16-13-11-7-6-9(17)8-12(11)18(10-4-2-1-3-5-10)15(20)14(13)19(21)22/h1-8H. The van der Waals surface area contributed by atoms with Gasteiger partial charge in [0.05, 0.1) is 10.4 Å². The molecule has 0 aliphatic carbocycles. The first-order valence-electron chi connectivity index (χ1n) is 6.24. The van der Waals surface area contributed by atoms with Gasteiger partial charge < -0.3 is 0 Å². The highest BCUT2D eigenvalue weighted by molar-refractivity contribution is 6.37.